The van der Waals surface area contributed by atoms with Crippen molar-refractivity contribution in [2.45, 2.75) is 51.3 Å². The summed E-state index contributed by atoms with van der Waals surface area (Å²) < 4.78 is 27.4. The number of Topliss-reactive ketones (excluding diaryl/α,β-unsaturated/α-hetero) is 1. The molecule has 0 unspecified atom stereocenters. The van der Waals surface area contributed by atoms with Gasteiger partial charge in [0, 0.05) is 41.7 Å². The summed E-state index contributed by atoms with van der Waals surface area (Å²) in [5.41, 5.74) is 3.23. The Morgan fingerprint density at radius 3 is 2.46 bits per heavy atom. The van der Waals surface area contributed by atoms with Gasteiger partial charge in [0.15, 0.2) is 5.78 Å². The maximum atomic E-state index is 13.0. The maximum Gasteiger partial charge on any atom is 0.243 e. The lowest BCUT2D eigenvalue weighted by Crippen LogP contribution is -2.31. The summed E-state index contributed by atoms with van der Waals surface area (Å²) in [6.07, 6.45) is 2.88. The van der Waals surface area contributed by atoms with E-state index in [4.69, 9.17) is 0 Å². The van der Waals surface area contributed by atoms with Crippen LogP contribution in [-0.2, 0) is 22.9 Å². The fourth-order valence-electron chi connectivity index (χ4n) is 3.60. The Hall–Kier alpha value is -1.66. The van der Waals surface area contributed by atoms with Gasteiger partial charge in [0.2, 0.25) is 10.0 Å². The van der Waals surface area contributed by atoms with Gasteiger partial charge < -0.3 is 4.98 Å². The molecule has 0 radical (unpaired) electrons. The Morgan fingerprint density at radius 2 is 1.83 bits per heavy atom. The third-order valence-corrected chi connectivity index (χ3v) is 7.00. The largest absolute Gasteiger partial charge is 0.358 e. The molecule has 24 heavy (non-hydrogen) atoms. The van der Waals surface area contributed by atoms with Crippen LogP contribution in [0.5, 0.6) is 0 Å². The summed E-state index contributed by atoms with van der Waals surface area (Å²) in [5, 5.41) is 0.866. The summed E-state index contributed by atoms with van der Waals surface area (Å²) in [6.45, 7) is 6.53. The van der Waals surface area contributed by atoms with Gasteiger partial charge in [-0.25, -0.2) is 8.42 Å². The Kier molecular flexibility index (Phi) is 4.53. The average molecular weight is 348 g/mol. The van der Waals surface area contributed by atoms with Crippen LogP contribution in [0.4, 0.5) is 0 Å². The molecular formula is C18H24N2O3S. The molecule has 0 aliphatic heterocycles. The van der Waals surface area contributed by atoms with Crippen LogP contribution in [0.1, 0.15) is 55.2 Å². The molecule has 0 amide bonds. The molecule has 5 nitrogen and oxygen atoms in total. The number of ketones is 1. The number of benzene rings is 1. The second kappa shape index (κ2) is 6.33. The van der Waals surface area contributed by atoms with E-state index in [-0.39, 0.29) is 5.78 Å². The first-order valence-electron chi connectivity index (χ1n) is 8.64. The van der Waals surface area contributed by atoms with Gasteiger partial charge in [-0.2, -0.15) is 4.31 Å². The van der Waals surface area contributed by atoms with Crippen LogP contribution >= 0.6 is 0 Å². The third kappa shape index (κ3) is 2.58. The number of sulfonamides is 1. The highest BCUT2D eigenvalue weighted by molar-refractivity contribution is 7.89. The topological polar surface area (TPSA) is 70.2 Å². The molecule has 0 spiro atoms. The van der Waals surface area contributed by atoms with Crippen molar-refractivity contribution < 1.29 is 13.2 Å². The molecular weight excluding hydrogens is 324 g/mol. The van der Waals surface area contributed by atoms with Crippen molar-refractivity contribution in [2.75, 3.05) is 13.1 Å². The standard InChI is InChI=1S/C18H24N2O3S/c1-4-12-10-13-15(19-14-8-7-9-16(21)18(13)14)11-17(12)24(22,23)20(5-2)6-3/h10-11,19H,4-9H2,1-3H3. The van der Waals surface area contributed by atoms with E-state index in [2.05, 4.69) is 4.98 Å². The van der Waals surface area contributed by atoms with Crippen molar-refractivity contribution in [3.63, 3.8) is 0 Å². The maximum absolute atomic E-state index is 13.0. The van der Waals surface area contributed by atoms with E-state index in [1.807, 2.05) is 26.8 Å². The third-order valence-electron chi connectivity index (χ3n) is 4.87. The zero-order valence-electron chi connectivity index (χ0n) is 14.5. The van der Waals surface area contributed by atoms with Gasteiger partial charge in [0.05, 0.1) is 4.90 Å². The molecule has 0 saturated carbocycles. The number of nitrogens with one attached hydrogen (secondary N) is 1. The molecule has 3 rings (SSSR count). The molecule has 1 aromatic heterocycles. The normalized spacial score (nSPS) is 15.2. The Bertz CT molecular complexity index is 893. The van der Waals surface area contributed by atoms with Gasteiger partial charge in [0.25, 0.3) is 0 Å². The van der Waals surface area contributed by atoms with Gasteiger partial charge >= 0.3 is 0 Å². The van der Waals surface area contributed by atoms with Crippen LogP contribution in [0.25, 0.3) is 10.9 Å². The molecule has 0 bridgehead atoms. The molecule has 0 saturated heterocycles. The fourth-order valence-corrected chi connectivity index (χ4v) is 5.36. The van der Waals surface area contributed by atoms with Crippen molar-refractivity contribution in [1.82, 2.24) is 9.29 Å². The smallest absolute Gasteiger partial charge is 0.243 e. The van der Waals surface area contributed by atoms with Gasteiger partial charge in [-0.15, -0.1) is 0 Å². The second-order valence-electron chi connectivity index (χ2n) is 6.20. The van der Waals surface area contributed by atoms with Crippen molar-refractivity contribution in [2.24, 2.45) is 0 Å². The minimum Gasteiger partial charge on any atom is -0.358 e. The number of aromatic nitrogens is 1. The highest BCUT2D eigenvalue weighted by Gasteiger charge is 2.28. The second-order valence-corrected chi connectivity index (χ2v) is 8.11. The number of aromatic amines is 1. The molecule has 1 heterocycles. The average Bonchev–Trinajstić information content (AvgIpc) is 2.93. The summed E-state index contributed by atoms with van der Waals surface area (Å²) in [7, 11) is -3.52. The van der Waals surface area contributed by atoms with E-state index in [9.17, 15) is 13.2 Å². The molecule has 1 aliphatic carbocycles. The van der Waals surface area contributed by atoms with Crippen LogP contribution < -0.4 is 0 Å². The zero-order chi connectivity index (χ0) is 17.5. The number of hydrogen-bond donors (Lipinski definition) is 1. The molecule has 1 aromatic carbocycles. The quantitative estimate of drug-likeness (QED) is 0.901. The molecule has 1 aliphatic rings. The lowest BCUT2D eigenvalue weighted by atomic mass is 9.94. The predicted octanol–water partition coefficient (Wildman–Crippen LogP) is 3.28. The minimum atomic E-state index is -3.52. The lowest BCUT2D eigenvalue weighted by molar-refractivity contribution is 0.0974. The molecule has 0 fully saturated rings. The fraction of sp³-hybridized carbons (Fsp3) is 0.500. The van der Waals surface area contributed by atoms with Crippen LogP contribution in [0, 0.1) is 0 Å². The monoisotopic (exact) mass is 348 g/mol. The van der Waals surface area contributed by atoms with Crippen molar-refractivity contribution in [3.8, 4) is 0 Å². The Morgan fingerprint density at radius 1 is 1.12 bits per heavy atom. The van der Waals surface area contributed by atoms with E-state index < -0.39 is 10.0 Å². The van der Waals surface area contributed by atoms with Crippen molar-refractivity contribution in [3.05, 3.63) is 29.0 Å². The first kappa shape index (κ1) is 17.2. The van der Waals surface area contributed by atoms with Crippen LogP contribution in [0.2, 0.25) is 0 Å². The van der Waals surface area contributed by atoms with E-state index in [0.29, 0.717) is 30.8 Å². The van der Waals surface area contributed by atoms with Gasteiger partial charge in [-0.3, -0.25) is 4.79 Å². The number of aryl methyl sites for hydroxylation is 2. The molecule has 6 heteroatoms. The SMILES string of the molecule is CCc1cc2c3c([nH]c2cc1S(=O)(=O)N(CC)CC)CCCC3=O. The predicted molar refractivity (Wildman–Crippen MR) is 95.1 cm³/mol. The van der Waals surface area contributed by atoms with E-state index >= 15 is 0 Å². The summed E-state index contributed by atoms with van der Waals surface area (Å²) >= 11 is 0. The van der Waals surface area contributed by atoms with E-state index in [0.717, 1.165) is 40.6 Å². The number of fused-ring (bicyclic) bond motifs is 3. The molecule has 1 N–H and O–H groups in total. The highest BCUT2D eigenvalue weighted by atomic mass is 32.2. The first-order chi connectivity index (χ1) is 11.4. The number of hydrogen-bond acceptors (Lipinski definition) is 3. The summed E-state index contributed by atoms with van der Waals surface area (Å²) in [4.78, 5) is 15.9. The Labute approximate surface area is 143 Å². The van der Waals surface area contributed by atoms with Crippen molar-refractivity contribution in [1.29, 1.82) is 0 Å². The van der Waals surface area contributed by atoms with Gasteiger partial charge in [-0.1, -0.05) is 20.8 Å². The van der Waals surface area contributed by atoms with Gasteiger partial charge in [-0.05, 0) is 37.0 Å². The van der Waals surface area contributed by atoms with Gasteiger partial charge in [0.1, 0.15) is 0 Å². The van der Waals surface area contributed by atoms with Crippen LogP contribution in [0.15, 0.2) is 17.0 Å². The van der Waals surface area contributed by atoms with E-state index in [1.54, 1.807) is 6.07 Å². The highest BCUT2D eigenvalue weighted by Crippen LogP contribution is 2.33. The summed E-state index contributed by atoms with van der Waals surface area (Å²) in [6, 6.07) is 3.61. The number of rotatable bonds is 5. The lowest BCUT2D eigenvalue weighted by Gasteiger charge is -2.20. The summed E-state index contributed by atoms with van der Waals surface area (Å²) in [5.74, 6) is 0.156. The molecule has 2 aromatic rings. The number of carbonyl (C=O) groups is 1. The number of H-pyrrole nitrogens is 1. The number of nitrogens with zero attached hydrogens (tertiary/aromatic N) is 1. The Balaban J connectivity index is 2.26. The molecule has 130 valence electrons. The number of carbonyl (C=O) groups excluding carboxylic acids is 1. The molecule has 0 atom stereocenters. The van der Waals surface area contributed by atoms with Crippen molar-refractivity contribution >= 4 is 26.7 Å². The first-order valence-corrected chi connectivity index (χ1v) is 10.1. The van der Waals surface area contributed by atoms with Crippen LogP contribution in [0.3, 0.4) is 0 Å². The van der Waals surface area contributed by atoms with E-state index in [1.165, 1.54) is 4.31 Å². The zero-order valence-corrected chi connectivity index (χ0v) is 15.3. The van der Waals surface area contributed by atoms with Crippen LogP contribution in [-0.4, -0.2) is 36.6 Å². The minimum absolute atomic E-state index is 0.156.